The van der Waals surface area contributed by atoms with E-state index in [9.17, 15) is 0 Å². The van der Waals surface area contributed by atoms with Crippen molar-refractivity contribution < 1.29 is 9.15 Å². The molecule has 0 atom stereocenters. The zero-order chi connectivity index (χ0) is 16.4. The quantitative estimate of drug-likeness (QED) is 0.730. The van der Waals surface area contributed by atoms with Gasteiger partial charge in [0, 0.05) is 25.2 Å². The van der Waals surface area contributed by atoms with E-state index >= 15 is 0 Å². The minimum Gasteiger partial charge on any atom is -0.497 e. The topological polar surface area (TPSA) is 38.5 Å². The van der Waals surface area contributed by atoms with Crippen LogP contribution in [0.2, 0.25) is 0 Å². The lowest BCUT2D eigenvalue weighted by atomic mass is 10.00. The van der Waals surface area contributed by atoms with Crippen molar-refractivity contribution >= 4 is 0 Å². The smallest absolute Gasteiger partial charge is 0.226 e. The number of benzene rings is 2. The van der Waals surface area contributed by atoms with Crippen molar-refractivity contribution in [1.29, 1.82) is 0 Å². The summed E-state index contributed by atoms with van der Waals surface area (Å²) < 4.78 is 10.8. The minimum absolute atomic E-state index is 0.657. The van der Waals surface area contributed by atoms with E-state index in [1.165, 1.54) is 11.1 Å². The van der Waals surface area contributed by atoms with Gasteiger partial charge in [-0.3, -0.25) is 4.90 Å². The van der Waals surface area contributed by atoms with Crippen LogP contribution in [0.1, 0.15) is 16.8 Å². The summed E-state index contributed by atoms with van der Waals surface area (Å²) in [4.78, 5) is 7.05. The molecule has 0 unspecified atom stereocenters. The van der Waals surface area contributed by atoms with Gasteiger partial charge in [0.05, 0.1) is 12.8 Å². The highest BCUT2D eigenvalue weighted by atomic mass is 16.5. The predicted molar refractivity (Wildman–Crippen MR) is 92.8 cm³/mol. The molecule has 1 aromatic heterocycles. The molecule has 122 valence electrons. The summed E-state index contributed by atoms with van der Waals surface area (Å²) in [6.07, 6.45) is 2.86. The Bertz CT molecular complexity index is 824. The SMILES string of the molecule is COc1ccc(-c2nc(CN3CCc4ccccc4C3)co2)cc1. The summed E-state index contributed by atoms with van der Waals surface area (Å²) in [5.74, 6) is 1.49. The minimum atomic E-state index is 0.657. The Kier molecular flexibility index (Phi) is 4.05. The molecular weight excluding hydrogens is 300 g/mol. The van der Waals surface area contributed by atoms with Crippen molar-refractivity contribution in [2.75, 3.05) is 13.7 Å². The third kappa shape index (κ3) is 3.05. The van der Waals surface area contributed by atoms with Crippen LogP contribution in [0.3, 0.4) is 0 Å². The second-order valence-corrected chi connectivity index (χ2v) is 6.10. The third-order valence-electron chi connectivity index (χ3n) is 4.48. The number of oxazole rings is 1. The molecule has 0 saturated carbocycles. The molecule has 2 heterocycles. The van der Waals surface area contributed by atoms with Crippen LogP contribution in [-0.2, 0) is 19.5 Å². The van der Waals surface area contributed by atoms with Gasteiger partial charge >= 0.3 is 0 Å². The van der Waals surface area contributed by atoms with Crippen molar-refractivity contribution in [2.45, 2.75) is 19.5 Å². The van der Waals surface area contributed by atoms with Gasteiger partial charge in [-0.25, -0.2) is 4.98 Å². The van der Waals surface area contributed by atoms with E-state index in [2.05, 4.69) is 34.1 Å². The second kappa shape index (κ2) is 6.49. The maximum Gasteiger partial charge on any atom is 0.226 e. The Morgan fingerprint density at radius 2 is 1.88 bits per heavy atom. The number of hydrogen-bond donors (Lipinski definition) is 0. The molecule has 0 N–H and O–H groups in total. The van der Waals surface area contributed by atoms with Gasteiger partial charge in [-0.05, 0) is 41.8 Å². The number of rotatable bonds is 4. The maximum atomic E-state index is 5.66. The van der Waals surface area contributed by atoms with Crippen LogP contribution in [0.25, 0.3) is 11.5 Å². The Balaban J connectivity index is 1.46. The van der Waals surface area contributed by atoms with Gasteiger partial charge in [0.1, 0.15) is 12.0 Å². The van der Waals surface area contributed by atoms with Gasteiger partial charge in [0.15, 0.2) is 0 Å². The van der Waals surface area contributed by atoms with Gasteiger partial charge < -0.3 is 9.15 Å². The van der Waals surface area contributed by atoms with Crippen molar-refractivity contribution in [3.8, 4) is 17.2 Å². The van der Waals surface area contributed by atoms with E-state index in [-0.39, 0.29) is 0 Å². The van der Waals surface area contributed by atoms with Gasteiger partial charge in [-0.1, -0.05) is 24.3 Å². The molecule has 0 bridgehead atoms. The molecule has 4 heteroatoms. The highest BCUT2D eigenvalue weighted by molar-refractivity contribution is 5.54. The van der Waals surface area contributed by atoms with Crippen molar-refractivity contribution in [3.63, 3.8) is 0 Å². The number of methoxy groups -OCH3 is 1. The predicted octanol–water partition coefficient (Wildman–Crippen LogP) is 3.91. The molecule has 4 nitrogen and oxygen atoms in total. The lowest BCUT2D eigenvalue weighted by Gasteiger charge is -2.27. The van der Waals surface area contributed by atoms with Crippen molar-refractivity contribution in [2.24, 2.45) is 0 Å². The fraction of sp³-hybridized carbons (Fsp3) is 0.250. The van der Waals surface area contributed by atoms with Crippen LogP contribution < -0.4 is 4.74 Å². The van der Waals surface area contributed by atoms with E-state index in [1.807, 2.05) is 24.3 Å². The van der Waals surface area contributed by atoms with Gasteiger partial charge in [0.25, 0.3) is 0 Å². The molecule has 0 amide bonds. The van der Waals surface area contributed by atoms with Gasteiger partial charge in [0.2, 0.25) is 5.89 Å². The molecule has 4 rings (SSSR count). The van der Waals surface area contributed by atoms with Crippen LogP contribution in [0, 0.1) is 0 Å². The van der Waals surface area contributed by atoms with E-state index in [1.54, 1.807) is 13.4 Å². The van der Waals surface area contributed by atoms with Crippen LogP contribution in [0.15, 0.2) is 59.2 Å². The lowest BCUT2D eigenvalue weighted by molar-refractivity contribution is 0.242. The first-order valence-electron chi connectivity index (χ1n) is 8.20. The average molecular weight is 320 g/mol. The molecule has 0 fully saturated rings. The van der Waals surface area contributed by atoms with Crippen molar-refractivity contribution in [3.05, 3.63) is 71.6 Å². The van der Waals surface area contributed by atoms with Crippen LogP contribution >= 0.6 is 0 Å². The molecule has 2 aromatic carbocycles. The Morgan fingerprint density at radius 3 is 2.67 bits per heavy atom. The first-order valence-corrected chi connectivity index (χ1v) is 8.20. The molecule has 0 aliphatic carbocycles. The zero-order valence-electron chi connectivity index (χ0n) is 13.7. The van der Waals surface area contributed by atoms with Crippen LogP contribution in [0.4, 0.5) is 0 Å². The summed E-state index contributed by atoms with van der Waals surface area (Å²) in [7, 11) is 1.66. The Hall–Kier alpha value is -2.59. The Morgan fingerprint density at radius 1 is 1.08 bits per heavy atom. The standard InChI is InChI=1S/C20H20N2O2/c1-23-19-8-6-16(7-9-19)20-21-18(14-24-20)13-22-11-10-15-4-2-3-5-17(15)12-22/h2-9,14H,10-13H2,1H3. The summed E-state index contributed by atoms with van der Waals surface area (Å²) in [6.45, 7) is 2.84. The molecule has 0 radical (unpaired) electrons. The molecule has 24 heavy (non-hydrogen) atoms. The fourth-order valence-corrected chi connectivity index (χ4v) is 3.16. The number of ether oxygens (including phenoxy) is 1. The summed E-state index contributed by atoms with van der Waals surface area (Å²) in [5, 5.41) is 0. The summed E-state index contributed by atoms with van der Waals surface area (Å²) >= 11 is 0. The molecule has 1 aliphatic rings. The van der Waals surface area contributed by atoms with E-state index in [0.717, 1.165) is 43.1 Å². The Labute approximate surface area is 141 Å². The van der Waals surface area contributed by atoms with E-state index in [0.29, 0.717) is 5.89 Å². The number of hydrogen-bond acceptors (Lipinski definition) is 4. The third-order valence-corrected chi connectivity index (χ3v) is 4.48. The molecule has 3 aromatic rings. The monoisotopic (exact) mass is 320 g/mol. The first-order chi connectivity index (χ1) is 11.8. The molecule has 1 aliphatic heterocycles. The number of aromatic nitrogens is 1. The maximum absolute atomic E-state index is 5.66. The summed E-state index contributed by atoms with van der Waals surface area (Å²) in [6, 6.07) is 16.4. The van der Waals surface area contributed by atoms with Gasteiger partial charge in [-0.15, -0.1) is 0 Å². The highest BCUT2D eigenvalue weighted by Crippen LogP contribution is 2.24. The number of nitrogens with zero attached hydrogens (tertiary/aromatic N) is 2. The summed E-state index contributed by atoms with van der Waals surface area (Å²) in [5.41, 5.74) is 4.82. The van der Waals surface area contributed by atoms with E-state index in [4.69, 9.17) is 9.15 Å². The largest absolute Gasteiger partial charge is 0.497 e. The molecule has 0 spiro atoms. The molecular formula is C20H20N2O2. The van der Waals surface area contributed by atoms with Crippen LogP contribution in [-0.4, -0.2) is 23.5 Å². The lowest BCUT2D eigenvalue weighted by Crippen LogP contribution is -2.30. The van der Waals surface area contributed by atoms with E-state index < -0.39 is 0 Å². The number of fused-ring (bicyclic) bond motifs is 1. The van der Waals surface area contributed by atoms with Gasteiger partial charge in [-0.2, -0.15) is 0 Å². The highest BCUT2D eigenvalue weighted by Gasteiger charge is 2.17. The van der Waals surface area contributed by atoms with Crippen molar-refractivity contribution in [1.82, 2.24) is 9.88 Å². The fourth-order valence-electron chi connectivity index (χ4n) is 3.16. The normalized spacial score (nSPS) is 14.4. The average Bonchev–Trinajstić information content (AvgIpc) is 3.10. The van der Waals surface area contributed by atoms with Crippen LogP contribution in [0.5, 0.6) is 5.75 Å². The zero-order valence-corrected chi connectivity index (χ0v) is 13.7. The molecule has 0 saturated heterocycles. The first kappa shape index (κ1) is 15.0. The second-order valence-electron chi connectivity index (χ2n) is 6.10.